The van der Waals surface area contributed by atoms with Crippen LogP contribution in [0.1, 0.15) is 40.1 Å². The lowest BCUT2D eigenvalue weighted by atomic mass is 10.0. The lowest BCUT2D eigenvalue weighted by molar-refractivity contribution is 0.0528. The van der Waals surface area contributed by atoms with E-state index >= 15 is 0 Å². The van der Waals surface area contributed by atoms with Crippen molar-refractivity contribution in [1.82, 2.24) is 4.98 Å². The van der Waals surface area contributed by atoms with Crippen LogP contribution in [0.15, 0.2) is 29.1 Å². The second kappa shape index (κ2) is 7.40. The molecule has 4 rings (SSSR count). The highest BCUT2D eigenvalue weighted by molar-refractivity contribution is 7.27. The number of nitrogens with one attached hydrogen (secondary N) is 1. The molecule has 0 aliphatic carbocycles. The standard InChI is InChI=1S/C21H16ClNO4S2/c1-4-27-21(26)11-7-9(2)8-13-16(11)18-19(29-13)17(12-5-6-14(22)28-12)15(10(3)24)20(25)23-18/h5-8H,4H2,1-3H3,(H,23,25). The third kappa shape index (κ3) is 3.29. The van der Waals surface area contributed by atoms with Gasteiger partial charge >= 0.3 is 5.97 Å². The fraction of sp³-hybridized carbons (Fsp3) is 0.190. The largest absolute Gasteiger partial charge is 0.462 e. The van der Waals surface area contributed by atoms with Crippen LogP contribution >= 0.6 is 34.3 Å². The molecule has 0 fully saturated rings. The summed E-state index contributed by atoms with van der Waals surface area (Å²) >= 11 is 8.86. The van der Waals surface area contributed by atoms with E-state index in [1.807, 2.05) is 13.0 Å². The minimum atomic E-state index is -0.486. The number of hydrogen-bond acceptors (Lipinski definition) is 6. The van der Waals surface area contributed by atoms with Gasteiger partial charge < -0.3 is 9.72 Å². The van der Waals surface area contributed by atoms with Gasteiger partial charge in [-0.2, -0.15) is 0 Å². The molecular formula is C21H16ClNO4S2. The van der Waals surface area contributed by atoms with E-state index in [0.29, 0.717) is 26.4 Å². The van der Waals surface area contributed by atoms with Gasteiger partial charge in [0.1, 0.15) is 0 Å². The second-order valence-electron chi connectivity index (χ2n) is 6.58. The highest BCUT2D eigenvalue weighted by atomic mass is 35.5. The van der Waals surface area contributed by atoms with Gasteiger partial charge in [0.15, 0.2) is 5.78 Å². The molecule has 0 spiro atoms. The van der Waals surface area contributed by atoms with Crippen LogP contribution in [-0.2, 0) is 4.74 Å². The number of benzene rings is 1. The van der Waals surface area contributed by atoms with Crippen LogP contribution in [0.3, 0.4) is 0 Å². The molecule has 3 heterocycles. The van der Waals surface area contributed by atoms with Crippen molar-refractivity contribution < 1.29 is 14.3 Å². The zero-order valence-corrected chi connectivity index (χ0v) is 18.2. The van der Waals surface area contributed by atoms with Crippen LogP contribution in [-0.4, -0.2) is 23.3 Å². The molecule has 0 saturated heterocycles. The summed E-state index contributed by atoms with van der Waals surface area (Å²) in [7, 11) is 0. The van der Waals surface area contributed by atoms with Gasteiger partial charge in [0.25, 0.3) is 5.56 Å². The maximum atomic E-state index is 12.9. The van der Waals surface area contributed by atoms with Crippen molar-refractivity contribution in [2.75, 3.05) is 6.61 Å². The quantitative estimate of drug-likeness (QED) is 0.317. The van der Waals surface area contributed by atoms with Gasteiger partial charge in [-0.05, 0) is 50.6 Å². The first-order valence-electron chi connectivity index (χ1n) is 8.88. The Labute approximate surface area is 178 Å². The van der Waals surface area contributed by atoms with Gasteiger partial charge in [-0.1, -0.05) is 11.6 Å². The number of esters is 1. The number of Topliss-reactive ketones (excluding diaryl/α,β-unsaturated/α-hetero) is 1. The number of thiophene rings is 2. The van der Waals surface area contributed by atoms with Crippen LogP contribution in [0.4, 0.5) is 0 Å². The number of carbonyl (C=O) groups excluding carboxylic acids is 2. The summed E-state index contributed by atoms with van der Waals surface area (Å²) in [5.41, 5.74) is 2.00. The maximum Gasteiger partial charge on any atom is 0.338 e. The number of H-pyrrole nitrogens is 1. The van der Waals surface area contributed by atoms with E-state index in [1.165, 1.54) is 29.6 Å². The third-order valence-corrected chi connectivity index (χ3v) is 6.95. The van der Waals surface area contributed by atoms with E-state index in [4.69, 9.17) is 16.3 Å². The molecule has 0 radical (unpaired) electrons. The summed E-state index contributed by atoms with van der Waals surface area (Å²) in [6, 6.07) is 7.25. The summed E-state index contributed by atoms with van der Waals surface area (Å²) in [5.74, 6) is -0.773. The molecule has 29 heavy (non-hydrogen) atoms. The monoisotopic (exact) mass is 445 g/mol. The zero-order valence-electron chi connectivity index (χ0n) is 15.8. The van der Waals surface area contributed by atoms with E-state index in [0.717, 1.165) is 19.8 Å². The number of aromatic amines is 1. The van der Waals surface area contributed by atoms with Gasteiger partial charge in [0.2, 0.25) is 0 Å². The molecule has 5 nitrogen and oxygen atoms in total. The number of hydrogen-bond donors (Lipinski definition) is 1. The topological polar surface area (TPSA) is 76.2 Å². The van der Waals surface area contributed by atoms with Crippen molar-refractivity contribution in [2.45, 2.75) is 20.8 Å². The first kappa shape index (κ1) is 19.8. The second-order valence-corrected chi connectivity index (χ2v) is 9.34. The molecule has 3 aromatic heterocycles. The Hall–Kier alpha value is -2.48. The Balaban J connectivity index is 2.20. The van der Waals surface area contributed by atoms with Crippen molar-refractivity contribution in [2.24, 2.45) is 0 Å². The van der Waals surface area contributed by atoms with Gasteiger partial charge in [0, 0.05) is 20.5 Å². The summed E-state index contributed by atoms with van der Waals surface area (Å²) in [6.07, 6.45) is 0. The van der Waals surface area contributed by atoms with E-state index in [1.54, 1.807) is 25.1 Å². The summed E-state index contributed by atoms with van der Waals surface area (Å²) in [4.78, 5) is 41.4. The lowest BCUT2D eigenvalue weighted by Gasteiger charge is -2.08. The van der Waals surface area contributed by atoms with Crippen LogP contribution in [0.25, 0.3) is 30.7 Å². The van der Waals surface area contributed by atoms with Crippen LogP contribution in [0.2, 0.25) is 4.34 Å². The number of rotatable bonds is 4. The van der Waals surface area contributed by atoms with E-state index < -0.39 is 11.5 Å². The Morgan fingerprint density at radius 2 is 1.97 bits per heavy atom. The molecule has 0 unspecified atom stereocenters. The van der Waals surface area contributed by atoms with E-state index in [9.17, 15) is 14.4 Å². The molecule has 0 amide bonds. The highest BCUT2D eigenvalue weighted by Crippen LogP contribution is 2.43. The van der Waals surface area contributed by atoms with Crippen molar-refractivity contribution in [3.63, 3.8) is 0 Å². The molecule has 1 N–H and O–H groups in total. The van der Waals surface area contributed by atoms with E-state index in [2.05, 4.69) is 4.98 Å². The smallest absolute Gasteiger partial charge is 0.338 e. The maximum absolute atomic E-state index is 12.9. The molecule has 0 atom stereocenters. The fourth-order valence-electron chi connectivity index (χ4n) is 3.45. The third-order valence-electron chi connectivity index (χ3n) is 4.55. The van der Waals surface area contributed by atoms with Crippen molar-refractivity contribution in [3.05, 3.63) is 55.6 Å². The molecular weight excluding hydrogens is 430 g/mol. The number of carbonyl (C=O) groups is 2. The average Bonchev–Trinajstić information content (AvgIpc) is 3.23. The van der Waals surface area contributed by atoms with Crippen molar-refractivity contribution >= 4 is 66.3 Å². The van der Waals surface area contributed by atoms with Crippen molar-refractivity contribution in [1.29, 1.82) is 0 Å². The lowest BCUT2D eigenvalue weighted by Crippen LogP contribution is -2.17. The van der Waals surface area contributed by atoms with E-state index in [-0.39, 0.29) is 18.0 Å². The Morgan fingerprint density at radius 1 is 1.21 bits per heavy atom. The van der Waals surface area contributed by atoms with Crippen molar-refractivity contribution in [3.8, 4) is 10.4 Å². The van der Waals surface area contributed by atoms with Gasteiger partial charge in [-0.3, -0.25) is 9.59 Å². The van der Waals surface area contributed by atoms with Crippen LogP contribution in [0.5, 0.6) is 0 Å². The predicted molar refractivity (Wildman–Crippen MR) is 119 cm³/mol. The molecule has 0 aliphatic heterocycles. The number of pyridine rings is 1. The zero-order chi connectivity index (χ0) is 20.9. The molecule has 0 bridgehead atoms. The summed E-state index contributed by atoms with van der Waals surface area (Å²) in [6.45, 7) is 5.27. The highest BCUT2D eigenvalue weighted by Gasteiger charge is 2.24. The number of ketones is 1. The SMILES string of the molecule is CCOC(=O)c1cc(C)cc2sc3c(-c4ccc(Cl)s4)c(C(C)=O)c(=O)[nH]c3c12. The Morgan fingerprint density at radius 3 is 2.59 bits per heavy atom. The normalized spacial score (nSPS) is 11.3. The van der Waals surface area contributed by atoms with Crippen LogP contribution < -0.4 is 5.56 Å². The number of fused-ring (bicyclic) bond motifs is 3. The fourth-order valence-corrected chi connectivity index (χ4v) is 5.97. The van der Waals surface area contributed by atoms with Gasteiger partial charge in [-0.25, -0.2) is 4.79 Å². The van der Waals surface area contributed by atoms with Gasteiger partial charge in [0.05, 0.1) is 32.3 Å². The van der Waals surface area contributed by atoms with Crippen LogP contribution in [0, 0.1) is 6.92 Å². The molecule has 148 valence electrons. The number of halogens is 1. The first-order chi connectivity index (χ1) is 13.8. The molecule has 4 aromatic rings. The number of aromatic nitrogens is 1. The number of ether oxygens (including phenoxy) is 1. The molecule has 0 saturated carbocycles. The molecule has 0 aliphatic rings. The summed E-state index contributed by atoms with van der Waals surface area (Å²) in [5, 5.41) is 0.630. The Bertz CT molecular complexity index is 1360. The average molecular weight is 446 g/mol. The molecule has 8 heteroatoms. The number of aryl methyl sites for hydroxylation is 1. The minimum absolute atomic E-state index is 0.0944. The Kier molecular flexibility index (Phi) is 5.06. The predicted octanol–water partition coefficient (Wildman–Crippen LogP) is 5.81. The van der Waals surface area contributed by atoms with Gasteiger partial charge in [-0.15, -0.1) is 22.7 Å². The molecule has 1 aromatic carbocycles. The minimum Gasteiger partial charge on any atom is -0.462 e. The summed E-state index contributed by atoms with van der Waals surface area (Å²) < 4.78 is 7.36. The first-order valence-corrected chi connectivity index (χ1v) is 10.9.